The maximum absolute atomic E-state index is 13.3. The van der Waals surface area contributed by atoms with Gasteiger partial charge >= 0.3 is 0 Å². The minimum absolute atomic E-state index is 0.287. The Kier molecular flexibility index (Phi) is 3.83. The van der Waals surface area contributed by atoms with Crippen LogP contribution < -0.4 is 10.6 Å². The Labute approximate surface area is 88.5 Å². The lowest BCUT2D eigenvalue weighted by Crippen LogP contribution is -2.28. The molecule has 14 heavy (non-hydrogen) atoms. The molecule has 0 aliphatic rings. The van der Waals surface area contributed by atoms with E-state index in [1.165, 1.54) is 6.07 Å². The molecular weight excluding hydrogens is 199 g/mol. The summed E-state index contributed by atoms with van der Waals surface area (Å²) in [5.74, 6) is -0.287. The molecule has 0 spiro atoms. The monoisotopic (exact) mass is 212 g/mol. The smallest absolute Gasteiger partial charge is 0.170 e. The van der Waals surface area contributed by atoms with Crippen molar-refractivity contribution in [3.8, 4) is 0 Å². The minimum Gasteiger partial charge on any atom is -0.363 e. The van der Waals surface area contributed by atoms with E-state index in [2.05, 4.69) is 10.6 Å². The van der Waals surface area contributed by atoms with E-state index >= 15 is 0 Å². The van der Waals surface area contributed by atoms with Crippen molar-refractivity contribution in [3.63, 3.8) is 0 Å². The second-order valence-electron chi connectivity index (χ2n) is 2.97. The van der Waals surface area contributed by atoms with Crippen LogP contribution in [0.1, 0.15) is 12.5 Å². The molecule has 0 saturated heterocycles. The summed E-state index contributed by atoms with van der Waals surface area (Å²) in [7, 11) is 0. The van der Waals surface area contributed by atoms with Gasteiger partial charge in [0.15, 0.2) is 5.11 Å². The lowest BCUT2D eigenvalue weighted by Gasteiger charge is -2.09. The average molecular weight is 212 g/mol. The van der Waals surface area contributed by atoms with Crippen LogP contribution in [0.4, 0.5) is 10.1 Å². The fourth-order valence-electron chi connectivity index (χ4n) is 1.05. The Morgan fingerprint density at radius 1 is 1.50 bits per heavy atom. The van der Waals surface area contributed by atoms with Gasteiger partial charge in [0.05, 0.1) is 5.69 Å². The SMILES string of the molecule is CCNC(=S)Nc1ccc(C)cc1F. The Morgan fingerprint density at radius 3 is 2.79 bits per heavy atom. The number of nitrogens with one attached hydrogen (secondary N) is 2. The molecule has 0 aromatic heterocycles. The second-order valence-corrected chi connectivity index (χ2v) is 3.38. The van der Waals surface area contributed by atoms with Crippen LogP contribution >= 0.6 is 12.2 Å². The molecule has 0 amide bonds. The van der Waals surface area contributed by atoms with Gasteiger partial charge in [0.25, 0.3) is 0 Å². The van der Waals surface area contributed by atoms with Gasteiger partial charge in [-0.3, -0.25) is 0 Å². The molecule has 4 heteroatoms. The summed E-state index contributed by atoms with van der Waals surface area (Å²) in [5.41, 5.74) is 1.30. The van der Waals surface area contributed by atoms with E-state index in [1.807, 2.05) is 19.9 Å². The molecule has 0 aliphatic carbocycles. The van der Waals surface area contributed by atoms with E-state index in [0.717, 1.165) is 12.1 Å². The molecule has 0 saturated carbocycles. The van der Waals surface area contributed by atoms with Crippen molar-refractivity contribution in [2.45, 2.75) is 13.8 Å². The fourth-order valence-corrected chi connectivity index (χ4v) is 1.30. The minimum atomic E-state index is -0.287. The number of aryl methyl sites for hydroxylation is 1. The zero-order valence-corrected chi connectivity index (χ0v) is 9.04. The molecule has 0 bridgehead atoms. The number of hydrogen-bond donors (Lipinski definition) is 2. The van der Waals surface area contributed by atoms with Crippen molar-refractivity contribution in [2.75, 3.05) is 11.9 Å². The highest BCUT2D eigenvalue weighted by Crippen LogP contribution is 2.14. The van der Waals surface area contributed by atoms with Crippen molar-refractivity contribution < 1.29 is 4.39 Å². The lowest BCUT2D eigenvalue weighted by molar-refractivity contribution is 0.631. The molecule has 0 unspecified atom stereocenters. The van der Waals surface area contributed by atoms with Gasteiger partial charge in [-0.05, 0) is 43.8 Å². The van der Waals surface area contributed by atoms with Crippen molar-refractivity contribution in [1.29, 1.82) is 0 Å². The summed E-state index contributed by atoms with van der Waals surface area (Å²) in [4.78, 5) is 0. The van der Waals surface area contributed by atoms with Gasteiger partial charge in [-0.15, -0.1) is 0 Å². The largest absolute Gasteiger partial charge is 0.363 e. The van der Waals surface area contributed by atoms with Crippen molar-refractivity contribution in [3.05, 3.63) is 29.6 Å². The summed E-state index contributed by atoms with van der Waals surface area (Å²) in [6.07, 6.45) is 0. The van der Waals surface area contributed by atoms with Gasteiger partial charge in [-0.2, -0.15) is 0 Å². The van der Waals surface area contributed by atoms with Crippen molar-refractivity contribution in [2.24, 2.45) is 0 Å². The molecule has 0 aliphatic heterocycles. The summed E-state index contributed by atoms with van der Waals surface area (Å²) in [6, 6.07) is 4.98. The maximum Gasteiger partial charge on any atom is 0.170 e. The number of hydrogen-bond acceptors (Lipinski definition) is 1. The van der Waals surface area contributed by atoms with Gasteiger partial charge in [0, 0.05) is 6.54 Å². The summed E-state index contributed by atoms with van der Waals surface area (Å²) >= 11 is 4.94. The molecule has 0 radical (unpaired) electrons. The second kappa shape index (κ2) is 4.91. The zero-order chi connectivity index (χ0) is 10.6. The summed E-state index contributed by atoms with van der Waals surface area (Å²) in [6.45, 7) is 4.49. The molecule has 1 aromatic carbocycles. The molecule has 0 atom stereocenters. The van der Waals surface area contributed by atoms with Crippen LogP contribution in [0.2, 0.25) is 0 Å². The Bertz CT molecular complexity index is 339. The van der Waals surface area contributed by atoms with E-state index in [0.29, 0.717) is 10.8 Å². The van der Waals surface area contributed by atoms with Crippen LogP contribution in [0.5, 0.6) is 0 Å². The predicted octanol–water partition coefficient (Wildman–Crippen LogP) is 2.44. The topological polar surface area (TPSA) is 24.1 Å². The van der Waals surface area contributed by atoms with Crippen LogP contribution in [0.25, 0.3) is 0 Å². The van der Waals surface area contributed by atoms with Gasteiger partial charge in [0.2, 0.25) is 0 Å². The summed E-state index contributed by atoms with van der Waals surface area (Å²) in [5, 5.41) is 6.11. The van der Waals surface area contributed by atoms with E-state index in [-0.39, 0.29) is 5.82 Å². The van der Waals surface area contributed by atoms with Gasteiger partial charge in [-0.1, -0.05) is 6.07 Å². The third-order valence-corrected chi connectivity index (χ3v) is 1.96. The Morgan fingerprint density at radius 2 is 2.21 bits per heavy atom. The highest BCUT2D eigenvalue weighted by Gasteiger charge is 2.02. The first-order chi connectivity index (χ1) is 6.63. The number of thiocarbonyl (C=S) groups is 1. The zero-order valence-electron chi connectivity index (χ0n) is 8.23. The van der Waals surface area contributed by atoms with Gasteiger partial charge in [0.1, 0.15) is 5.82 Å². The van der Waals surface area contributed by atoms with Crippen LogP contribution in [0.15, 0.2) is 18.2 Å². The normalized spacial score (nSPS) is 9.64. The molecule has 0 fully saturated rings. The summed E-state index contributed by atoms with van der Waals surface area (Å²) < 4.78 is 13.3. The Balaban J connectivity index is 2.72. The van der Waals surface area contributed by atoms with Gasteiger partial charge < -0.3 is 10.6 Å². The molecule has 1 aromatic rings. The van der Waals surface area contributed by atoms with E-state index < -0.39 is 0 Å². The van der Waals surface area contributed by atoms with Crippen molar-refractivity contribution in [1.82, 2.24) is 5.32 Å². The molecule has 2 N–H and O–H groups in total. The van der Waals surface area contributed by atoms with E-state index in [9.17, 15) is 4.39 Å². The third kappa shape index (κ3) is 2.96. The average Bonchev–Trinajstić information content (AvgIpc) is 2.10. The number of halogens is 1. The fraction of sp³-hybridized carbons (Fsp3) is 0.300. The van der Waals surface area contributed by atoms with Crippen LogP contribution in [0, 0.1) is 12.7 Å². The predicted molar refractivity (Wildman–Crippen MR) is 61.0 cm³/mol. The highest BCUT2D eigenvalue weighted by atomic mass is 32.1. The molecule has 1 rings (SSSR count). The number of anilines is 1. The Hall–Kier alpha value is -1.16. The first-order valence-corrected chi connectivity index (χ1v) is 4.85. The van der Waals surface area contributed by atoms with Crippen LogP contribution in [-0.4, -0.2) is 11.7 Å². The van der Waals surface area contributed by atoms with Crippen LogP contribution in [-0.2, 0) is 0 Å². The third-order valence-electron chi connectivity index (χ3n) is 1.71. The lowest BCUT2D eigenvalue weighted by atomic mass is 10.2. The quantitative estimate of drug-likeness (QED) is 0.736. The number of benzene rings is 1. The molecule has 0 heterocycles. The van der Waals surface area contributed by atoms with E-state index in [1.54, 1.807) is 6.07 Å². The molecule has 76 valence electrons. The first kappa shape index (κ1) is 10.9. The molecule has 2 nitrogen and oxygen atoms in total. The first-order valence-electron chi connectivity index (χ1n) is 4.44. The van der Waals surface area contributed by atoms with E-state index in [4.69, 9.17) is 12.2 Å². The highest BCUT2D eigenvalue weighted by molar-refractivity contribution is 7.80. The number of rotatable bonds is 2. The molecular formula is C10H13FN2S. The van der Waals surface area contributed by atoms with Gasteiger partial charge in [-0.25, -0.2) is 4.39 Å². The van der Waals surface area contributed by atoms with Crippen molar-refractivity contribution >= 4 is 23.0 Å². The van der Waals surface area contributed by atoms with Crippen LogP contribution in [0.3, 0.4) is 0 Å². The standard InChI is InChI=1S/C10H13FN2S/c1-3-12-10(14)13-9-5-4-7(2)6-8(9)11/h4-6H,3H2,1-2H3,(H2,12,13,14). The maximum atomic E-state index is 13.3.